The molecule has 2 unspecified atom stereocenters. The van der Waals surface area contributed by atoms with Gasteiger partial charge in [0.05, 0.1) is 20.3 Å². The first-order valence-corrected chi connectivity index (χ1v) is 5.70. The molecule has 0 bridgehead atoms. The second-order valence-electron chi connectivity index (χ2n) is 4.98. The first-order chi connectivity index (χ1) is 7.60. The van der Waals surface area contributed by atoms with Crippen LogP contribution < -0.4 is 5.73 Å². The van der Waals surface area contributed by atoms with Gasteiger partial charge in [-0.1, -0.05) is 0 Å². The Kier molecular flexibility index (Phi) is 3.19. The summed E-state index contributed by atoms with van der Waals surface area (Å²) in [6.07, 6.45) is 1.05. The van der Waals surface area contributed by atoms with Gasteiger partial charge in [-0.3, -0.25) is 4.79 Å². The highest BCUT2D eigenvalue weighted by atomic mass is 16.5. The maximum absolute atomic E-state index is 11.8. The number of nitrogens with zero attached hydrogens (tertiary/aromatic N) is 1. The Bertz CT molecular complexity index is 278. The fraction of sp³-hybridized carbons (Fsp3) is 0.909. The van der Waals surface area contributed by atoms with Crippen LogP contribution in [0.25, 0.3) is 0 Å². The standard InChI is InChI=1S/C11H20N2O3/c1-13-4-3-8(5-13)9(12)11(6-16-7-11)10(14)15-2/h8-9H,3-7,12H2,1-2H3. The molecule has 0 saturated carbocycles. The number of hydrogen-bond acceptors (Lipinski definition) is 5. The largest absolute Gasteiger partial charge is 0.468 e. The summed E-state index contributed by atoms with van der Waals surface area (Å²) in [5.74, 6) is 0.147. The molecule has 2 aliphatic rings. The highest BCUT2D eigenvalue weighted by Crippen LogP contribution is 2.37. The van der Waals surface area contributed by atoms with Crippen LogP contribution in [0.15, 0.2) is 0 Å². The van der Waals surface area contributed by atoms with Crippen molar-refractivity contribution in [2.45, 2.75) is 12.5 Å². The number of ether oxygens (including phenoxy) is 2. The Balaban J connectivity index is 2.06. The third-order valence-electron chi connectivity index (χ3n) is 3.88. The van der Waals surface area contributed by atoms with E-state index >= 15 is 0 Å². The SMILES string of the molecule is COC(=O)C1(C(N)C2CCN(C)C2)COC1. The molecule has 2 aliphatic heterocycles. The molecule has 5 heteroatoms. The Morgan fingerprint density at radius 3 is 2.69 bits per heavy atom. The smallest absolute Gasteiger partial charge is 0.318 e. The molecule has 2 rings (SSSR count). The summed E-state index contributed by atoms with van der Waals surface area (Å²) in [6.45, 7) is 2.82. The van der Waals surface area contributed by atoms with E-state index in [9.17, 15) is 4.79 Å². The quantitative estimate of drug-likeness (QED) is 0.657. The van der Waals surface area contributed by atoms with Crippen LogP contribution in [0.1, 0.15) is 6.42 Å². The summed E-state index contributed by atoms with van der Waals surface area (Å²) < 4.78 is 10.0. The zero-order valence-electron chi connectivity index (χ0n) is 9.94. The molecule has 0 radical (unpaired) electrons. The summed E-state index contributed by atoms with van der Waals surface area (Å²) in [4.78, 5) is 14.0. The number of carbonyl (C=O) groups excluding carboxylic acids is 1. The van der Waals surface area contributed by atoms with Crippen LogP contribution in [-0.4, -0.2) is 57.4 Å². The van der Waals surface area contributed by atoms with E-state index in [0.29, 0.717) is 19.1 Å². The number of likely N-dealkylation sites (tertiary alicyclic amines) is 1. The minimum atomic E-state index is -0.593. The van der Waals surface area contributed by atoms with E-state index in [2.05, 4.69) is 11.9 Å². The van der Waals surface area contributed by atoms with Crippen molar-refractivity contribution in [3.05, 3.63) is 0 Å². The molecule has 0 amide bonds. The summed E-state index contributed by atoms with van der Waals surface area (Å²) in [5.41, 5.74) is 5.66. The lowest BCUT2D eigenvalue weighted by Gasteiger charge is -2.44. The second-order valence-corrected chi connectivity index (χ2v) is 4.98. The van der Waals surface area contributed by atoms with Crippen molar-refractivity contribution in [2.75, 3.05) is 40.5 Å². The summed E-state index contributed by atoms with van der Waals surface area (Å²) >= 11 is 0. The zero-order chi connectivity index (χ0) is 11.8. The topological polar surface area (TPSA) is 64.8 Å². The first-order valence-electron chi connectivity index (χ1n) is 5.70. The second kappa shape index (κ2) is 4.31. The van der Waals surface area contributed by atoms with Gasteiger partial charge in [-0.2, -0.15) is 0 Å². The van der Waals surface area contributed by atoms with Crippen LogP contribution in [0.3, 0.4) is 0 Å². The minimum absolute atomic E-state index is 0.154. The summed E-state index contributed by atoms with van der Waals surface area (Å²) in [6, 6.07) is -0.154. The lowest BCUT2D eigenvalue weighted by atomic mass is 9.73. The van der Waals surface area contributed by atoms with Crippen LogP contribution in [0.5, 0.6) is 0 Å². The number of esters is 1. The molecular formula is C11H20N2O3. The van der Waals surface area contributed by atoms with E-state index in [4.69, 9.17) is 15.2 Å². The van der Waals surface area contributed by atoms with Gasteiger partial charge in [-0.05, 0) is 25.9 Å². The normalized spacial score (nSPS) is 30.8. The molecule has 2 heterocycles. The van der Waals surface area contributed by atoms with E-state index in [1.165, 1.54) is 7.11 Å². The van der Waals surface area contributed by atoms with E-state index in [1.807, 2.05) is 0 Å². The van der Waals surface area contributed by atoms with Gasteiger partial charge in [0, 0.05) is 12.6 Å². The molecule has 16 heavy (non-hydrogen) atoms. The number of methoxy groups -OCH3 is 1. The van der Waals surface area contributed by atoms with Crippen LogP contribution in [0.4, 0.5) is 0 Å². The molecule has 2 atom stereocenters. The van der Waals surface area contributed by atoms with Gasteiger partial charge in [-0.15, -0.1) is 0 Å². The molecule has 5 nitrogen and oxygen atoms in total. The third kappa shape index (κ3) is 1.73. The van der Waals surface area contributed by atoms with Crippen LogP contribution in [0.2, 0.25) is 0 Å². The Labute approximate surface area is 95.9 Å². The van der Waals surface area contributed by atoms with E-state index in [0.717, 1.165) is 19.5 Å². The van der Waals surface area contributed by atoms with E-state index < -0.39 is 5.41 Å². The number of rotatable bonds is 3. The van der Waals surface area contributed by atoms with Gasteiger partial charge >= 0.3 is 5.97 Å². The third-order valence-corrected chi connectivity index (χ3v) is 3.88. The zero-order valence-corrected chi connectivity index (χ0v) is 9.94. The number of carbonyl (C=O) groups is 1. The minimum Gasteiger partial charge on any atom is -0.468 e. The first kappa shape index (κ1) is 11.8. The van der Waals surface area contributed by atoms with E-state index in [-0.39, 0.29) is 12.0 Å². The van der Waals surface area contributed by atoms with Crippen LogP contribution in [-0.2, 0) is 14.3 Å². The predicted molar refractivity (Wildman–Crippen MR) is 58.8 cm³/mol. The predicted octanol–water partition coefficient (Wildman–Crippen LogP) is -0.545. The van der Waals surface area contributed by atoms with Crippen molar-refractivity contribution in [3.8, 4) is 0 Å². The van der Waals surface area contributed by atoms with Crippen molar-refractivity contribution in [3.63, 3.8) is 0 Å². The van der Waals surface area contributed by atoms with Crippen molar-refractivity contribution < 1.29 is 14.3 Å². The maximum atomic E-state index is 11.8. The fourth-order valence-electron chi connectivity index (χ4n) is 2.69. The van der Waals surface area contributed by atoms with Crippen molar-refractivity contribution in [2.24, 2.45) is 17.1 Å². The highest BCUT2D eigenvalue weighted by Gasteiger charge is 2.54. The monoisotopic (exact) mass is 228 g/mol. The van der Waals surface area contributed by atoms with Crippen molar-refractivity contribution in [1.82, 2.24) is 4.90 Å². The number of nitrogens with two attached hydrogens (primary N) is 1. The van der Waals surface area contributed by atoms with Gasteiger partial charge in [0.25, 0.3) is 0 Å². The molecule has 2 saturated heterocycles. The molecule has 0 spiro atoms. The number of hydrogen-bond donors (Lipinski definition) is 1. The molecule has 2 fully saturated rings. The van der Waals surface area contributed by atoms with Crippen molar-refractivity contribution in [1.29, 1.82) is 0 Å². The van der Waals surface area contributed by atoms with Crippen LogP contribution >= 0.6 is 0 Å². The Morgan fingerprint density at radius 1 is 1.62 bits per heavy atom. The van der Waals surface area contributed by atoms with E-state index in [1.54, 1.807) is 0 Å². The molecule has 0 aliphatic carbocycles. The summed E-state index contributed by atoms with van der Waals surface area (Å²) in [5, 5.41) is 0. The van der Waals surface area contributed by atoms with Crippen LogP contribution in [0, 0.1) is 11.3 Å². The molecule has 2 N–H and O–H groups in total. The summed E-state index contributed by atoms with van der Waals surface area (Å²) in [7, 11) is 3.49. The molecule has 0 aromatic rings. The van der Waals surface area contributed by atoms with Gasteiger partial charge in [0.15, 0.2) is 0 Å². The van der Waals surface area contributed by atoms with Gasteiger partial charge in [0.2, 0.25) is 0 Å². The Morgan fingerprint density at radius 2 is 2.31 bits per heavy atom. The Hall–Kier alpha value is -0.650. The molecule has 0 aromatic heterocycles. The van der Waals surface area contributed by atoms with Gasteiger partial charge < -0.3 is 20.1 Å². The lowest BCUT2D eigenvalue weighted by Crippen LogP contribution is -2.63. The van der Waals surface area contributed by atoms with Crippen molar-refractivity contribution >= 4 is 5.97 Å². The maximum Gasteiger partial charge on any atom is 0.318 e. The van der Waals surface area contributed by atoms with Gasteiger partial charge in [-0.25, -0.2) is 0 Å². The fourth-order valence-corrected chi connectivity index (χ4v) is 2.69. The average molecular weight is 228 g/mol. The molecular weight excluding hydrogens is 208 g/mol. The highest BCUT2D eigenvalue weighted by molar-refractivity contribution is 5.79. The molecule has 92 valence electrons. The lowest BCUT2D eigenvalue weighted by molar-refractivity contribution is -0.190. The van der Waals surface area contributed by atoms with Gasteiger partial charge in [0.1, 0.15) is 5.41 Å². The average Bonchev–Trinajstić information content (AvgIpc) is 2.62. The molecule has 0 aromatic carbocycles.